The molecule has 0 radical (unpaired) electrons. The van der Waals surface area contributed by atoms with Gasteiger partial charge < -0.3 is 0 Å². The van der Waals surface area contributed by atoms with E-state index >= 15 is 0 Å². The van der Waals surface area contributed by atoms with Crippen LogP contribution in [0.4, 0.5) is 0 Å². The second-order valence-corrected chi connectivity index (χ2v) is 9.42. The lowest BCUT2D eigenvalue weighted by molar-refractivity contribution is 0.0939. The SMILES string of the molecule is CC(C)(C)CC(=O)c1ccc(C(C)(C)C)c(C(C)(C)C)c1. The van der Waals surface area contributed by atoms with Crippen LogP contribution in [0.15, 0.2) is 18.2 Å². The predicted octanol–water partition coefficient (Wildman–Crippen LogP) is 5.90. The summed E-state index contributed by atoms with van der Waals surface area (Å²) in [4.78, 5) is 12.5. The Labute approximate surface area is 131 Å². The fraction of sp³-hybridized carbons (Fsp3) is 0.650. The standard InChI is InChI=1S/C20H32O/c1-18(2,3)13-17(21)14-10-11-15(19(4,5)6)16(12-14)20(7,8)9/h10-12H,13H2,1-9H3. The Kier molecular flexibility index (Phi) is 4.77. The molecule has 0 spiro atoms. The van der Waals surface area contributed by atoms with Crippen LogP contribution in [0.25, 0.3) is 0 Å². The van der Waals surface area contributed by atoms with Gasteiger partial charge in [0.2, 0.25) is 0 Å². The van der Waals surface area contributed by atoms with Crippen LogP contribution in [0.1, 0.15) is 90.2 Å². The molecular formula is C20H32O. The summed E-state index contributed by atoms with van der Waals surface area (Å²) in [6.45, 7) is 19.7. The summed E-state index contributed by atoms with van der Waals surface area (Å²) < 4.78 is 0. The van der Waals surface area contributed by atoms with Gasteiger partial charge in [-0.1, -0.05) is 74.4 Å². The van der Waals surface area contributed by atoms with Gasteiger partial charge in [0.05, 0.1) is 0 Å². The average molecular weight is 288 g/mol. The van der Waals surface area contributed by atoms with E-state index in [9.17, 15) is 4.79 Å². The molecule has 0 aromatic heterocycles. The van der Waals surface area contributed by atoms with Crippen molar-refractivity contribution in [2.75, 3.05) is 0 Å². The molecule has 0 amide bonds. The molecule has 0 saturated carbocycles. The van der Waals surface area contributed by atoms with E-state index in [0.29, 0.717) is 6.42 Å². The minimum absolute atomic E-state index is 0.0294. The van der Waals surface area contributed by atoms with Crippen LogP contribution in [0, 0.1) is 5.41 Å². The lowest BCUT2D eigenvalue weighted by Gasteiger charge is -2.30. The molecule has 0 bridgehead atoms. The van der Waals surface area contributed by atoms with Crippen molar-refractivity contribution < 1.29 is 4.79 Å². The molecule has 0 aliphatic rings. The molecule has 0 N–H and O–H groups in total. The van der Waals surface area contributed by atoms with Crippen LogP contribution in [0.3, 0.4) is 0 Å². The third-order valence-electron chi connectivity index (χ3n) is 3.65. The van der Waals surface area contributed by atoms with E-state index in [-0.39, 0.29) is 22.0 Å². The van der Waals surface area contributed by atoms with Gasteiger partial charge >= 0.3 is 0 Å². The maximum Gasteiger partial charge on any atom is 0.163 e. The first-order valence-electron chi connectivity index (χ1n) is 7.90. The molecule has 1 aromatic carbocycles. The van der Waals surface area contributed by atoms with Crippen LogP contribution < -0.4 is 0 Å². The summed E-state index contributed by atoms with van der Waals surface area (Å²) in [7, 11) is 0. The monoisotopic (exact) mass is 288 g/mol. The number of benzene rings is 1. The highest BCUT2D eigenvalue weighted by molar-refractivity contribution is 5.96. The smallest absolute Gasteiger partial charge is 0.163 e. The first kappa shape index (κ1) is 17.9. The van der Waals surface area contributed by atoms with E-state index in [4.69, 9.17) is 0 Å². The molecular weight excluding hydrogens is 256 g/mol. The molecule has 0 aliphatic carbocycles. The van der Waals surface area contributed by atoms with Crippen molar-refractivity contribution in [3.63, 3.8) is 0 Å². The number of rotatable bonds is 2. The number of hydrogen-bond acceptors (Lipinski definition) is 1. The van der Waals surface area contributed by atoms with Crippen LogP contribution >= 0.6 is 0 Å². The topological polar surface area (TPSA) is 17.1 Å². The fourth-order valence-corrected chi connectivity index (χ4v) is 2.58. The number of Topliss-reactive ketones (excluding diaryl/α,β-unsaturated/α-hetero) is 1. The minimum atomic E-state index is 0.0294. The molecule has 1 aromatic rings. The third-order valence-corrected chi connectivity index (χ3v) is 3.65. The van der Waals surface area contributed by atoms with E-state index in [1.807, 2.05) is 6.07 Å². The zero-order valence-electron chi connectivity index (χ0n) is 15.3. The van der Waals surface area contributed by atoms with Gasteiger partial charge in [-0.15, -0.1) is 0 Å². The maximum atomic E-state index is 12.5. The lowest BCUT2D eigenvalue weighted by atomic mass is 9.74. The van der Waals surface area contributed by atoms with Crippen molar-refractivity contribution in [3.8, 4) is 0 Å². The van der Waals surface area contributed by atoms with Gasteiger partial charge in [0, 0.05) is 12.0 Å². The van der Waals surface area contributed by atoms with E-state index in [1.165, 1.54) is 11.1 Å². The molecule has 0 saturated heterocycles. The molecule has 0 heterocycles. The van der Waals surface area contributed by atoms with Crippen LogP contribution in [0.5, 0.6) is 0 Å². The molecule has 1 heteroatoms. The average Bonchev–Trinajstić information content (AvgIpc) is 2.23. The number of ketones is 1. The normalized spacial score (nSPS) is 13.4. The summed E-state index contributed by atoms with van der Waals surface area (Å²) in [6, 6.07) is 6.27. The number of hydrogen-bond donors (Lipinski definition) is 0. The Morgan fingerprint density at radius 3 is 1.67 bits per heavy atom. The van der Waals surface area contributed by atoms with E-state index in [1.54, 1.807) is 0 Å². The van der Waals surface area contributed by atoms with Gasteiger partial charge in [0.25, 0.3) is 0 Å². The van der Waals surface area contributed by atoms with Gasteiger partial charge in [-0.05, 0) is 33.4 Å². The van der Waals surface area contributed by atoms with Crippen LogP contribution in [-0.4, -0.2) is 5.78 Å². The summed E-state index contributed by atoms with van der Waals surface area (Å²) >= 11 is 0. The Morgan fingerprint density at radius 1 is 0.810 bits per heavy atom. The largest absolute Gasteiger partial charge is 0.294 e. The maximum absolute atomic E-state index is 12.5. The Bertz CT molecular complexity index is 516. The highest BCUT2D eigenvalue weighted by Crippen LogP contribution is 2.35. The minimum Gasteiger partial charge on any atom is -0.294 e. The van der Waals surface area contributed by atoms with Gasteiger partial charge in [-0.25, -0.2) is 0 Å². The zero-order chi connectivity index (χ0) is 16.6. The van der Waals surface area contributed by atoms with Crippen LogP contribution in [-0.2, 0) is 10.8 Å². The molecule has 21 heavy (non-hydrogen) atoms. The van der Waals surface area contributed by atoms with Crippen molar-refractivity contribution in [1.29, 1.82) is 0 Å². The lowest BCUT2D eigenvalue weighted by Crippen LogP contribution is -2.23. The van der Waals surface area contributed by atoms with Crippen molar-refractivity contribution >= 4 is 5.78 Å². The van der Waals surface area contributed by atoms with Crippen molar-refractivity contribution in [2.45, 2.75) is 79.6 Å². The number of carbonyl (C=O) groups excluding carboxylic acids is 1. The van der Waals surface area contributed by atoms with Gasteiger partial charge in [0.1, 0.15) is 0 Å². The summed E-state index contributed by atoms with van der Waals surface area (Å²) in [5, 5.41) is 0. The molecule has 0 aliphatic heterocycles. The summed E-state index contributed by atoms with van der Waals surface area (Å²) in [6.07, 6.45) is 0.589. The summed E-state index contributed by atoms with van der Waals surface area (Å²) in [5.41, 5.74) is 3.64. The predicted molar refractivity (Wildman–Crippen MR) is 92.2 cm³/mol. The molecule has 0 atom stereocenters. The van der Waals surface area contributed by atoms with Gasteiger partial charge in [-0.3, -0.25) is 4.79 Å². The highest BCUT2D eigenvalue weighted by atomic mass is 16.1. The van der Waals surface area contributed by atoms with E-state index in [0.717, 1.165) is 5.56 Å². The first-order chi connectivity index (χ1) is 9.22. The Balaban J connectivity index is 3.33. The first-order valence-corrected chi connectivity index (χ1v) is 7.90. The van der Waals surface area contributed by atoms with Gasteiger partial charge in [-0.2, -0.15) is 0 Å². The number of carbonyl (C=O) groups is 1. The van der Waals surface area contributed by atoms with Crippen molar-refractivity contribution in [3.05, 3.63) is 34.9 Å². The Hall–Kier alpha value is -1.11. The van der Waals surface area contributed by atoms with Gasteiger partial charge in [0.15, 0.2) is 5.78 Å². The Morgan fingerprint density at radius 2 is 1.29 bits per heavy atom. The third kappa shape index (κ3) is 4.98. The van der Waals surface area contributed by atoms with Crippen molar-refractivity contribution in [1.82, 2.24) is 0 Å². The quantitative estimate of drug-likeness (QED) is 0.619. The zero-order valence-corrected chi connectivity index (χ0v) is 15.3. The van der Waals surface area contributed by atoms with Crippen LogP contribution in [0.2, 0.25) is 0 Å². The molecule has 1 nitrogen and oxygen atoms in total. The molecule has 0 fully saturated rings. The second kappa shape index (κ2) is 5.59. The van der Waals surface area contributed by atoms with E-state index < -0.39 is 0 Å². The highest BCUT2D eigenvalue weighted by Gasteiger charge is 2.26. The molecule has 118 valence electrons. The summed E-state index contributed by atoms with van der Waals surface area (Å²) in [5.74, 6) is 0.244. The molecule has 0 unspecified atom stereocenters. The van der Waals surface area contributed by atoms with Crippen molar-refractivity contribution in [2.24, 2.45) is 5.41 Å². The second-order valence-electron chi connectivity index (χ2n) is 9.42. The molecule has 1 rings (SSSR count). The van der Waals surface area contributed by atoms with E-state index in [2.05, 4.69) is 74.4 Å². The fourth-order valence-electron chi connectivity index (χ4n) is 2.58.